The number of ether oxygens (including phenoxy) is 1. The predicted molar refractivity (Wildman–Crippen MR) is 57.5 cm³/mol. The van der Waals surface area contributed by atoms with E-state index in [1.54, 1.807) is 18.2 Å². The molecule has 0 fully saturated rings. The Hall–Kier alpha value is -1.81. The van der Waals surface area contributed by atoms with E-state index in [1.165, 1.54) is 19.2 Å². The lowest BCUT2D eigenvalue weighted by Gasteiger charge is -2.03. The van der Waals surface area contributed by atoms with Crippen molar-refractivity contribution < 1.29 is 14.6 Å². The second-order valence-corrected chi connectivity index (χ2v) is 2.91. The molecule has 80 valence electrons. The molecule has 0 aromatic heterocycles. The molecule has 15 heavy (non-hydrogen) atoms. The number of esters is 1. The second kappa shape index (κ2) is 5.17. The van der Waals surface area contributed by atoms with Crippen molar-refractivity contribution in [3.63, 3.8) is 0 Å². The number of aromatic hydroxyl groups is 1. The van der Waals surface area contributed by atoms with Gasteiger partial charge in [0, 0.05) is 6.54 Å². The monoisotopic (exact) mass is 207 g/mol. The van der Waals surface area contributed by atoms with Gasteiger partial charge in [-0.15, -0.1) is 0 Å². The number of hydrogen-bond donors (Lipinski definition) is 2. The molecule has 0 atom stereocenters. The summed E-state index contributed by atoms with van der Waals surface area (Å²) in [6, 6.07) is 4.70. The Bertz CT molecular complexity index is 385. The maximum absolute atomic E-state index is 11.1. The van der Waals surface area contributed by atoms with Gasteiger partial charge in [0.15, 0.2) is 0 Å². The number of carbonyl (C=O) groups excluding carboxylic acids is 1. The van der Waals surface area contributed by atoms with E-state index in [1.807, 2.05) is 0 Å². The standard InChI is InChI=1S/C11H13NO3/c1-15-11(14)9-5-4-8(3-2-6-12)7-10(9)13/h2-5,7,13H,6,12H2,1H3. The highest BCUT2D eigenvalue weighted by Crippen LogP contribution is 2.20. The van der Waals surface area contributed by atoms with E-state index in [2.05, 4.69) is 4.74 Å². The van der Waals surface area contributed by atoms with Crippen LogP contribution < -0.4 is 5.73 Å². The number of hydrogen-bond acceptors (Lipinski definition) is 4. The average Bonchev–Trinajstić information content (AvgIpc) is 2.25. The SMILES string of the molecule is COC(=O)c1ccc(C=CCN)cc1O. The summed E-state index contributed by atoms with van der Waals surface area (Å²) < 4.78 is 4.50. The third-order valence-corrected chi connectivity index (χ3v) is 1.87. The van der Waals surface area contributed by atoms with Gasteiger partial charge in [0.05, 0.1) is 7.11 Å². The summed E-state index contributed by atoms with van der Waals surface area (Å²) in [4.78, 5) is 11.1. The lowest BCUT2D eigenvalue weighted by atomic mass is 10.1. The van der Waals surface area contributed by atoms with Gasteiger partial charge in [-0.1, -0.05) is 18.2 Å². The highest BCUT2D eigenvalue weighted by molar-refractivity contribution is 5.92. The number of methoxy groups -OCH3 is 1. The molecule has 0 bridgehead atoms. The van der Waals surface area contributed by atoms with Gasteiger partial charge in [0.2, 0.25) is 0 Å². The Morgan fingerprint density at radius 3 is 2.87 bits per heavy atom. The molecule has 0 spiro atoms. The van der Waals surface area contributed by atoms with Gasteiger partial charge in [0.1, 0.15) is 11.3 Å². The number of benzene rings is 1. The zero-order chi connectivity index (χ0) is 11.3. The number of carbonyl (C=O) groups is 1. The highest BCUT2D eigenvalue weighted by Gasteiger charge is 2.10. The van der Waals surface area contributed by atoms with Gasteiger partial charge >= 0.3 is 5.97 Å². The molecule has 0 aliphatic heterocycles. The lowest BCUT2D eigenvalue weighted by Crippen LogP contribution is -2.01. The Kier molecular flexibility index (Phi) is 3.88. The van der Waals surface area contributed by atoms with Crippen LogP contribution in [0.2, 0.25) is 0 Å². The van der Waals surface area contributed by atoms with Crippen molar-refractivity contribution in [1.82, 2.24) is 0 Å². The third kappa shape index (κ3) is 2.82. The number of nitrogens with two attached hydrogens (primary N) is 1. The van der Waals surface area contributed by atoms with Crippen LogP contribution in [0.15, 0.2) is 24.3 Å². The van der Waals surface area contributed by atoms with Gasteiger partial charge in [-0.25, -0.2) is 4.79 Å². The summed E-state index contributed by atoms with van der Waals surface area (Å²) >= 11 is 0. The van der Waals surface area contributed by atoms with Crippen molar-refractivity contribution >= 4 is 12.0 Å². The quantitative estimate of drug-likeness (QED) is 0.729. The summed E-state index contributed by atoms with van der Waals surface area (Å²) in [5, 5.41) is 9.53. The Balaban J connectivity index is 2.98. The van der Waals surface area contributed by atoms with Gasteiger partial charge in [-0.3, -0.25) is 0 Å². The summed E-state index contributed by atoms with van der Waals surface area (Å²) in [5.41, 5.74) is 6.23. The van der Waals surface area contributed by atoms with E-state index in [0.717, 1.165) is 5.56 Å². The fourth-order valence-electron chi connectivity index (χ4n) is 1.14. The Labute approximate surface area is 88.0 Å². The van der Waals surface area contributed by atoms with E-state index in [4.69, 9.17) is 5.73 Å². The summed E-state index contributed by atoms with van der Waals surface area (Å²) in [5.74, 6) is -0.650. The second-order valence-electron chi connectivity index (χ2n) is 2.91. The third-order valence-electron chi connectivity index (χ3n) is 1.87. The molecule has 1 aromatic carbocycles. The van der Waals surface area contributed by atoms with E-state index >= 15 is 0 Å². The van der Waals surface area contributed by atoms with E-state index in [-0.39, 0.29) is 11.3 Å². The molecule has 3 N–H and O–H groups in total. The average molecular weight is 207 g/mol. The van der Waals surface area contributed by atoms with Crippen molar-refractivity contribution in [1.29, 1.82) is 0 Å². The predicted octanol–water partition coefficient (Wildman–Crippen LogP) is 1.15. The van der Waals surface area contributed by atoms with Gasteiger partial charge in [-0.05, 0) is 17.7 Å². The maximum atomic E-state index is 11.1. The molecule has 0 unspecified atom stereocenters. The van der Waals surface area contributed by atoms with Crippen LogP contribution in [0.5, 0.6) is 5.75 Å². The van der Waals surface area contributed by atoms with Crippen LogP contribution in [-0.2, 0) is 4.74 Å². The topological polar surface area (TPSA) is 72.5 Å². The minimum atomic E-state index is -0.554. The van der Waals surface area contributed by atoms with Crippen LogP contribution in [-0.4, -0.2) is 24.7 Å². The molecule has 0 saturated carbocycles. The van der Waals surface area contributed by atoms with Crippen LogP contribution in [0.3, 0.4) is 0 Å². The van der Waals surface area contributed by atoms with Crippen LogP contribution >= 0.6 is 0 Å². The fraction of sp³-hybridized carbons (Fsp3) is 0.182. The number of phenols is 1. The van der Waals surface area contributed by atoms with Crippen molar-refractivity contribution in [3.05, 3.63) is 35.4 Å². The van der Waals surface area contributed by atoms with Gasteiger partial charge in [0.25, 0.3) is 0 Å². The zero-order valence-corrected chi connectivity index (χ0v) is 8.43. The Morgan fingerprint density at radius 2 is 2.33 bits per heavy atom. The molecule has 1 rings (SSSR count). The molecule has 4 nitrogen and oxygen atoms in total. The first-order valence-electron chi connectivity index (χ1n) is 4.47. The maximum Gasteiger partial charge on any atom is 0.341 e. The first kappa shape index (κ1) is 11.3. The van der Waals surface area contributed by atoms with Crippen molar-refractivity contribution in [2.75, 3.05) is 13.7 Å². The minimum absolute atomic E-state index is 0.0963. The minimum Gasteiger partial charge on any atom is -0.507 e. The molecular formula is C11H13NO3. The molecule has 0 aliphatic rings. The van der Waals surface area contributed by atoms with Gasteiger partial charge in [-0.2, -0.15) is 0 Å². The Morgan fingerprint density at radius 1 is 1.60 bits per heavy atom. The molecule has 1 aromatic rings. The van der Waals surface area contributed by atoms with E-state index in [9.17, 15) is 9.90 Å². The molecule has 0 aliphatic carbocycles. The first-order chi connectivity index (χ1) is 7.19. The molecule has 0 saturated heterocycles. The molecule has 0 radical (unpaired) electrons. The normalized spacial score (nSPS) is 10.5. The lowest BCUT2D eigenvalue weighted by molar-refractivity contribution is 0.0597. The van der Waals surface area contributed by atoms with Crippen molar-refractivity contribution in [3.8, 4) is 5.75 Å². The van der Waals surface area contributed by atoms with Crippen molar-refractivity contribution in [2.45, 2.75) is 0 Å². The van der Waals surface area contributed by atoms with E-state index < -0.39 is 5.97 Å². The van der Waals surface area contributed by atoms with Crippen LogP contribution in [0.4, 0.5) is 0 Å². The number of rotatable bonds is 3. The summed E-state index contributed by atoms with van der Waals surface area (Å²) in [6.45, 7) is 0.430. The molecule has 0 heterocycles. The number of phenolic OH excluding ortho intramolecular Hbond substituents is 1. The van der Waals surface area contributed by atoms with Crippen LogP contribution in [0, 0.1) is 0 Å². The molecule has 0 amide bonds. The summed E-state index contributed by atoms with van der Waals surface area (Å²) in [7, 11) is 1.27. The first-order valence-corrected chi connectivity index (χ1v) is 4.47. The zero-order valence-electron chi connectivity index (χ0n) is 8.43. The van der Waals surface area contributed by atoms with Crippen LogP contribution in [0.1, 0.15) is 15.9 Å². The fourth-order valence-corrected chi connectivity index (χ4v) is 1.14. The molecular weight excluding hydrogens is 194 g/mol. The molecule has 4 heteroatoms. The smallest absolute Gasteiger partial charge is 0.341 e. The van der Waals surface area contributed by atoms with Crippen LogP contribution in [0.25, 0.3) is 6.08 Å². The highest BCUT2D eigenvalue weighted by atomic mass is 16.5. The van der Waals surface area contributed by atoms with E-state index in [0.29, 0.717) is 6.54 Å². The largest absolute Gasteiger partial charge is 0.507 e. The van der Waals surface area contributed by atoms with Gasteiger partial charge < -0.3 is 15.6 Å². The van der Waals surface area contributed by atoms with Crippen molar-refractivity contribution in [2.24, 2.45) is 5.73 Å². The summed E-state index contributed by atoms with van der Waals surface area (Å²) in [6.07, 6.45) is 3.52.